The van der Waals surface area contributed by atoms with Crippen LogP contribution in [0.25, 0.3) is 10.9 Å². The third-order valence-electron chi connectivity index (χ3n) is 5.31. The Hall–Kier alpha value is -2.67. The number of nitrogens with zero attached hydrogens (tertiary/aromatic N) is 3. The van der Waals surface area contributed by atoms with Crippen LogP contribution in [0, 0.1) is 0 Å². The Balaban J connectivity index is 1.74. The molecule has 146 valence electrons. The maximum absolute atomic E-state index is 12.0. The highest BCUT2D eigenvalue weighted by molar-refractivity contribution is 7.90. The van der Waals surface area contributed by atoms with Gasteiger partial charge in [0.2, 0.25) is 0 Å². The molecule has 1 saturated heterocycles. The molecular weight excluding hydrogens is 374 g/mol. The van der Waals surface area contributed by atoms with E-state index in [0.29, 0.717) is 0 Å². The number of aromatic nitrogens is 2. The molecular formula is C21H23N3O3S. The molecule has 0 amide bonds. The molecule has 0 radical (unpaired) electrons. The first-order valence-corrected chi connectivity index (χ1v) is 11.2. The summed E-state index contributed by atoms with van der Waals surface area (Å²) in [7, 11) is -1.61. The van der Waals surface area contributed by atoms with Gasteiger partial charge in [-0.3, -0.25) is 0 Å². The first-order chi connectivity index (χ1) is 13.5. The van der Waals surface area contributed by atoms with Gasteiger partial charge in [-0.05, 0) is 49.1 Å². The highest BCUT2D eigenvalue weighted by Gasteiger charge is 2.28. The maximum Gasteiger partial charge on any atom is 0.175 e. The van der Waals surface area contributed by atoms with Crippen LogP contribution in [0.3, 0.4) is 0 Å². The van der Waals surface area contributed by atoms with Gasteiger partial charge in [0.1, 0.15) is 17.9 Å². The zero-order valence-corrected chi connectivity index (χ0v) is 16.8. The molecule has 0 N–H and O–H groups in total. The second-order valence-corrected chi connectivity index (χ2v) is 9.17. The van der Waals surface area contributed by atoms with Crippen molar-refractivity contribution in [3.05, 3.63) is 54.4 Å². The first kappa shape index (κ1) is 18.7. The van der Waals surface area contributed by atoms with E-state index in [1.165, 1.54) is 6.26 Å². The van der Waals surface area contributed by atoms with Gasteiger partial charge in [-0.15, -0.1) is 0 Å². The minimum absolute atomic E-state index is 0.274. The quantitative estimate of drug-likeness (QED) is 0.658. The van der Waals surface area contributed by atoms with E-state index in [-0.39, 0.29) is 10.9 Å². The number of methoxy groups -OCH3 is 1. The van der Waals surface area contributed by atoms with Gasteiger partial charge in [-0.1, -0.05) is 18.2 Å². The van der Waals surface area contributed by atoms with Crippen LogP contribution in [0.15, 0.2) is 53.7 Å². The van der Waals surface area contributed by atoms with E-state index in [9.17, 15) is 8.42 Å². The number of ether oxygens (including phenoxy) is 1. The van der Waals surface area contributed by atoms with Crippen LogP contribution >= 0.6 is 0 Å². The van der Waals surface area contributed by atoms with Crippen molar-refractivity contribution < 1.29 is 13.2 Å². The monoisotopic (exact) mass is 397 g/mol. The second-order valence-electron chi connectivity index (χ2n) is 7.15. The van der Waals surface area contributed by atoms with Crippen molar-refractivity contribution >= 4 is 26.6 Å². The first-order valence-electron chi connectivity index (χ1n) is 9.31. The van der Waals surface area contributed by atoms with Gasteiger partial charge in [-0.25, -0.2) is 18.4 Å². The lowest BCUT2D eigenvalue weighted by Gasteiger charge is -2.27. The maximum atomic E-state index is 12.0. The molecule has 2 heterocycles. The minimum atomic E-state index is -3.30. The lowest BCUT2D eigenvalue weighted by Crippen LogP contribution is -2.32. The van der Waals surface area contributed by atoms with Crippen molar-refractivity contribution in [3.63, 3.8) is 0 Å². The summed E-state index contributed by atoms with van der Waals surface area (Å²) in [6, 6.07) is 13.4. The van der Waals surface area contributed by atoms with Gasteiger partial charge in [0.15, 0.2) is 9.84 Å². The molecule has 2 aromatic carbocycles. The number of hydrogen-bond donors (Lipinski definition) is 0. The molecule has 0 saturated carbocycles. The Morgan fingerprint density at radius 2 is 2.00 bits per heavy atom. The van der Waals surface area contributed by atoms with Gasteiger partial charge in [-0.2, -0.15) is 0 Å². The minimum Gasteiger partial charge on any atom is -0.496 e. The summed E-state index contributed by atoms with van der Waals surface area (Å²) < 4.78 is 29.5. The molecule has 1 aromatic heterocycles. The van der Waals surface area contributed by atoms with Crippen LogP contribution in [0.4, 0.5) is 5.82 Å². The highest BCUT2D eigenvalue weighted by Crippen LogP contribution is 2.33. The largest absolute Gasteiger partial charge is 0.496 e. The van der Waals surface area contributed by atoms with Gasteiger partial charge in [0, 0.05) is 24.2 Å². The summed E-state index contributed by atoms with van der Waals surface area (Å²) >= 11 is 0. The van der Waals surface area contributed by atoms with Crippen LogP contribution in [0.1, 0.15) is 18.4 Å². The number of sulfone groups is 1. The van der Waals surface area contributed by atoms with E-state index >= 15 is 0 Å². The standard InChI is InChI=1S/C21H23N3O3S/c1-27-20-8-4-3-6-15(20)12-16-7-5-11-24(16)21-18-13-17(28(2,25)26)9-10-19(18)22-14-23-21/h3-4,6,8-10,13-14,16H,5,7,11-12H2,1-2H3. The lowest BCUT2D eigenvalue weighted by atomic mass is 10.0. The van der Waals surface area contributed by atoms with Gasteiger partial charge >= 0.3 is 0 Å². The molecule has 4 rings (SSSR count). The van der Waals surface area contributed by atoms with E-state index in [1.807, 2.05) is 18.2 Å². The summed E-state index contributed by atoms with van der Waals surface area (Å²) in [5.74, 6) is 1.69. The fraction of sp³-hybridized carbons (Fsp3) is 0.333. The van der Waals surface area contributed by atoms with Gasteiger partial charge in [0.05, 0.1) is 17.5 Å². The topological polar surface area (TPSA) is 72.4 Å². The van der Waals surface area contributed by atoms with E-state index in [2.05, 4.69) is 20.9 Å². The summed E-state index contributed by atoms with van der Waals surface area (Å²) in [5.41, 5.74) is 1.91. The van der Waals surface area contributed by atoms with Crippen molar-refractivity contribution in [2.75, 3.05) is 24.8 Å². The van der Waals surface area contributed by atoms with Crippen molar-refractivity contribution in [2.45, 2.75) is 30.2 Å². The van der Waals surface area contributed by atoms with Crippen LogP contribution in [0.2, 0.25) is 0 Å². The normalized spacial score (nSPS) is 17.2. The van der Waals surface area contributed by atoms with E-state index in [0.717, 1.165) is 53.8 Å². The summed E-state index contributed by atoms with van der Waals surface area (Å²) in [6.07, 6.45) is 5.74. The molecule has 0 aliphatic carbocycles. The predicted octanol–water partition coefficient (Wildman–Crippen LogP) is 3.25. The average molecular weight is 398 g/mol. The molecule has 1 aliphatic heterocycles. The Kier molecular flexibility index (Phi) is 4.93. The zero-order valence-electron chi connectivity index (χ0n) is 16.0. The van der Waals surface area contributed by atoms with Crippen LogP contribution in [0.5, 0.6) is 5.75 Å². The van der Waals surface area contributed by atoms with Gasteiger partial charge in [0.25, 0.3) is 0 Å². The van der Waals surface area contributed by atoms with Crippen molar-refractivity contribution in [2.24, 2.45) is 0 Å². The summed E-state index contributed by atoms with van der Waals surface area (Å²) in [6.45, 7) is 0.884. The van der Waals surface area contributed by atoms with E-state index in [1.54, 1.807) is 31.6 Å². The number of anilines is 1. The molecule has 28 heavy (non-hydrogen) atoms. The van der Waals surface area contributed by atoms with Crippen LogP contribution in [-0.4, -0.2) is 44.3 Å². The number of para-hydroxylation sites is 1. The molecule has 1 aliphatic rings. The lowest BCUT2D eigenvalue weighted by molar-refractivity contribution is 0.408. The van der Waals surface area contributed by atoms with Gasteiger partial charge < -0.3 is 9.64 Å². The summed E-state index contributed by atoms with van der Waals surface area (Å²) in [4.78, 5) is 11.4. The summed E-state index contributed by atoms with van der Waals surface area (Å²) in [5, 5.41) is 0.775. The molecule has 1 atom stereocenters. The molecule has 1 fully saturated rings. The molecule has 1 unspecified atom stereocenters. The van der Waals surface area contributed by atoms with E-state index < -0.39 is 9.84 Å². The predicted molar refractivity (Wildman–Crippen MR) is 110 cm³/mol. The Morgan fingerprint density at radius 3 is 2.79 bits per heavy atom. The zero-order chi connectivity index (χ0) is 19.7. The van der Waals surface area contributed by atoms with Crippen molar-refractivity contribution in [3.8, 4) is 5.75 Å². The number of hydrogen-bond acceptors (Lipinski definition) is 6. The van der Waals surface area contributed by atoms with Crippen molar-refractivity contribution in [1.29, 1.82) is 0 Å². The SMILES string of the molecule is COc1ccccc1CC1CCCN1c1ncnc2ccc(S(C)(=O)=O)cc12. The third kappa shape index (κ3) is 3.54. The number of rotatable bonds is 5. The Morgan fingerprint density at radius 1 is 1.18 bits per heavy atom. The third-order valence-corrected chi connectivity index (χ3v) is 6.42. The molecule has 0 bridgehead atoms. The smallest absolute Gasteiger partial charge is 0.175 e. The fourth-order valence-electron chi connectivity index (χ4n) is 3.93. The molecule has 6 nitrogen and oxygen atoms in total. The van der Waals surface area contributed by atoms with E-state index in [4.69, 9.17) is 4.74 Å². The Labute approximate surface area is 165 Å². The second kappa shape index (κ2) is 7.39. The number of fused-ring (bicyclic) bond motifs is 1. The molecule has 7 heteroatoms. The highest BCUT2D eigenvalue weighted by atomic mass is 32.2. The fourth-order valence-corrected chi connectivity index (χ4v) is 4.58. The number of benzene rings is 2. The molecule has 0 spiro atoms. The average Bonchev–Trinajstić information content (AvgIpc) is 3.14. The Bertz CT molecular complexity index is 1110. The van der Waals surface area contributed by atoms with Crippen molar-refractivity contribution in [1.82, 2.24) is 9.97 Å². The van der Waals surface area contributed by atoms with Crippen LogP contribution in [-0.2, 0) is 16.3 Å². The van der Waals surface area contributed by atoms with Crippen LogP contribution < -0.4 is 9.64 Å². The molecule has 3 aromatic rings.